The number of nitrogens with zero attached hydrogens (tertiary/aromatic N) is 3. The molecular formula is C14H19N3O4. The molecule has 3 rings (SSSR count). The molecule has 2 fully saturated rings. The first-order valence-electron chi connectivity index (χ1n) is 7.10. The van der Waals surface area contributed by atoms with E-state index in [1.54, 1.807) is 22.9 Å². The number of ether oxygens (including phenoxy) is 1. The molecule has 0 saturated carbocycles. The Labute approximate surface area is 122 Å². The Morgan fingerprint density at radius 3 is 2.76 bits per heavy atom. The zero-order valence-corrected chi connectivity index (χ0v) is 12.5. The highest BCUT2D eigenvalue weighted by atomic mass is 16.6. The first kappa shape index (κ1) is 13.9. The van der Waals surface area contributed by atoms with Crippen molar-refractivity contribution >= 4 is 12.0 Å². The van der Waals surface area contributed by atoms with E-state index < -0.39 is 5.60 Å². The van der Waals surface area contributed by atoms with Crippen LogP contribution in [0.5, 0.6) is 0 Å². The summed E-state index contributed by atoms with van der Waals surface area (Å²) in [6, 6.07) is 1.69. The van der Waals surface area contributed by atoms with E-state index in [-0.39, 0.29) is 17.9 Å². The standard InChI is InChI=1S/C14H19N3O4/c1-9(2)11-6-10(15-21-11)12(18)17-5-4-14(8-17)7-16(3)13(19)20-14/h6,9H,4-5,7-8H2,1-3H3. The summed E-state index contributed by atoms with van der Waals surface area (Å²) in [6.45, 7) is 5.45. The van der Waals surface area contributed by atoms with Crippen molar-refractivity contribution in [2.45, 2.75) is 31.8 Å². The fraction of sp³-hybridized carbons (Fsp3) is 0.643. The van der Waals surface area contributed by atoms with Crippen molar-refractivity contribution in [3.63, 3.8) is 0 Å². The van der Waals surface area contributed by atoms with Crippen molar-refractivity contribution in [3.05, 3.63) is 17.5 Å². The molecule has 2 aliphatic rings. The quantitative estimate of drug-likeness (QED) is 0.825. The number of carbonyl (C=O) groups is 2. The van der Waals surface area contributed by atoms with Gasteiger partial charge in [0.05, 0.1) is 13.1 Å². The smallest absolute Gasteiger partial charge is 0.410 e. The predicted molar refractivity (Wildman–Crippen MR) is 73.0 cm³/mol. The molecule has 1 spiro atoms. The first-order chi connectivity index (χ1) is 9.90. The van der Waals surface area contributed by atoms with Crippen molar-refractivity contribution in [1.82, 2.24) is 15.0 Å². The molecule has 2 aliphatic heterocycles. The topological polar surface area (TPSA) is 75.9 Å². The first-order valence-corrected chi connectivity index (χ1v) is 7.10. The predicted octanol–water partition coefficient (Wildman–Crippen LogP) is 1.46. The van der Waals surface area contributed by atoms with Crippen molar-refractivity contribution in [3.8, 4) is 0 Å². The lowest BCUT2D eigenvalue weighted by atomic mass is 10.0. The molecule has 1 aromatic rings. The zero-order chi connectivity index (χ0) is 15.2. The number of carbonyl (C=O) groups excluding carboxylic acids is 2. The van der Waals surface area contributed by atoms with Gasteiger partial charge in [-0.25, -0.2) is 4.79 Å². The molecule has 0 N–H and O–H groups in total. The molecule has 1 atom stereocenters. The molecular weight excluding hydrogens is 274 g/mol. The van der Waals surface area contributed by atoms with E-state index in [4.69, 9.17) is 9.26 Å². The molecule has 0 bridgehead atoms. The van der Waals surface area contributed by atoms with Crippen molar-refractivity contribution in [2.75, 3.05) is 26.7 Å². The number of hydrogen-bond acceptors (Lipinski definition) is 5. The van der Waals surface area contributed by atoms with Crippen LogP contribution in [0.15, 0.2) is 10.6 Å². The van der Waals surface area contributed by atoms with E-state index in [2.05, 4.69) is 5.16 Å². The third kappa shape index (κ3) is 2.36. The lowest BCUT2D eigenvalue weighted by Crippen LogP contribution is -2.39. The van der Waals surface area contributed by atoms with E-state index >= 15 is 0 Å². The second-order valence-corrected chi connectivity index (χ2v) is 6.15. The fourth-order valence-corrected chi connectivity index (χ4v) is 2.85. The fourth-order valence-electron chi connectivity index (χ4n) is 2.85. The van der Waals surface area contributed by atoms with Gasteiger partial charge < -0.3 is 19.1 Å². The Hall–Kier alpha value is -2.05. The highest BCUT2D eigenvalue weighted by Crippen LogP contribution is 2.32. The molecule has 0 radical (unpaired) electrons. The van der Waals surface area contributed by atoms with Gasteiger partial charge in [-0.15, -0.1) is 0 Å². The summed E-state index contributed by atoms with van der Waals surface area (Å²) in [5.74, 6) is 0.709. The van der Waals surface area contributed by atoms with Crippen molar-refractivity contribution in [2.24, 2.45) is 0 Å². The monoisotopic (exact) mass is 293 g/mol. The second kappa shape index (κ2) is 4.75. The summed E-state index contributed by atoms with van der Waals surface area (Å²) >= 11 is 0. The minimum absolute atomic E-state index is 0.173. The van der Waals surface area contributed by atoms with Gasteiger partial charge >= 0.3 is 6.09 Å². The van der Waals surface area contributed by atoms with Crippen LogP contribution in [0.4, 0.5) is 4.79 Å². The molecule has 7 heteroatoms. The molecule has 0 aliphatic carbocycles. The molecule has 1 unspecified atom stereocenters. The summed E-state index contributed by atoms with van der Waals surface area (Å²) < 4.78 is 10.6. The summed E-state index contributed by atoms with van der Waals surface area (Å²) in [5.41, 5.74) is -0.250. The van der Waals surface area contributed by atoms with Crippen LogP contribution >= 0.6 is 0 Å². The third-order valence-electron chi connectivity index (χ3n) is 4.06. The van der Waals surface area contributed by atoms with Gasteiger partial charge in [-0.2, -0.15) is 0 Å². The van der Waals surface area contributed by atoms with Crippen LogP contribution in [0.2, 0.25) is 0 Å². The van der Waals surface area contributed by atoms with Gasteiger partial charge in [0.2, 0.25) is 0 Å². The molecule has 0 aromatic carbocycles. The Bertz CT molecular complexity index is 583. The van der Waals surface area contributed by atoms with Crippen LogP contribution in [0.1, 0.15) is 42.4 Å². The highest BCUT2D eigenvalue weighted by Gasteiger charge is 2.49. The number of likely N-dealkylation sites (tertiary alicyclic amines) is 1. The minimum atomic E-state index is -0.563. The third-order valence-corrected chi connectivity index (χ3v) is 4.06. The SMILES string of the molecule is CC(C)c1cc(C(=O)N2CCC3(CN(C)C(=O)O3)C2)no1. The molecule has 7 nitrogen and oxygen atoms in total. The Morgan fingerprint density at radius 1 is 1.43 bits per heavy atom. The maximum Gasteiger partial charge on any atom is 0.410 e. The summed E-state index contributed by atoms with van der Waals surface area (Å²) in [4.78, 5) is 27.2. The molecule has 3 heterocycles. The normalized spacial score (nSPS) is 25.2. The Morgan fingerprint density at radius 2 is 2.19 bits per heavy atom. The summed E-state index contributed by atoms with van der Waals surface area (Å²) in [7, 11) is 1.70. The van der Waals surface area contributed by atoms with E-state index in [1.807, 2.05) is 13.8 Å². The second-order valence-electron chi connectivity index (χ2n) is 6.15. The van der Waals surface area contributed by atoms with E-state index in [9.17, 15) is 9.59 Å². The van der Waals surface area contributed by atoms with Gasteiger partial charge in [0.25, 0.3) is 5.91 Å². The summed E-state index contributed by atoms with van der Waals surface area (Å²) in [6.07, 6.45) is 0.330. The van der Waals surface area contributed by atoms with Gasteiger partial charge in [0.15, 0.2) is 11.3 Å². The van der Waals surface area contributed by atoms with Crippen LogP contribution in [0.3, 0.4) is 0 Å². The van der Waals surface area contributed by atoms with Crippen molar-refractivity contribution in [1.29, 1.82) is 0 Å². The average molecular weight is 293 g/mol. The van der Waals surface area contributed by atoms with Gasteiger partial charge in [0.1, 0.15) is 5.76 Å². The van der Waals surface area contributed by atoms with E-state index in [0.29, 0.717) is 37.5 Å². The maximum atomic E-state index is 12.4. The Balaban J connectivity index is 1.71. The van der Waals surface area contributed by atoms with Crippen LogP contribution < -0.4 is 0 Å². The molecule has 21 heavy (non-hydrogen) atoms. The number of likely N-dealkylation sites (N-methyl/N-ethyl adjacent to an activating group) is 1. The van der Waals surface area contributed by atoms with Gasteiger partial charge in [-0.05, 0) is 0 Å². The molecule has 1 aromatic heterocycles. The van der Waals surface area contributed by atoms with E-state index in [0.717, 1.165) is 0 Å². The minimum Gasteiger partial charge on any atom is -0.439 e. The van der Waals surface area contributed by atoms with Crippen LogP contribution in [0, 0.1) is 0 Å². The van der Waals surface area contributed by atoms with Gasteiger partial charge in [-0.1, -0.05) is 19.0 Å². The molecule has 114 valence electrons. The summed E-state index contributed by atoms with van der Waals surface area (Å²) in [5, 5.41) is 3.84. The average Bonchev–Trinajstić information content (AvgIpc) is 3.10. The Kier molecular flexibility index (Phi) is 3.15. The van der Waals surface area contributed by atoms with Crippen LogP contribution in [-0.4, -0.2) is 59.2 Å². The van der Waals surface area contributed by atoms with Gasteiger partial charge in [0, 0.05) is 32.0 Å². The van der Waals surface area contributed by atoms with Gasteiger partial charge in [-0.3, -0.25) is 4.79 Å². The van der Waals surface area contributed by atoms with Crippen molar-refractivity contribution < 1.29 is 18.8 Å². The van der Waals surface area contributed by atoms with Crippen LogP contribution in [-0.2, 0) is 4.74 Å². The number of amides is 2. The largest absolute Gasteiger partial charge is 0.439 e. The zero-order valence-electron chi connectivity index (χ0n) is 12.5. The number of aromatic nitrogens is 1. The number of rotatable bonds is 2. The highest BCUT2D eigenvalue weighted by molar-refractivity contribution is 5.92. The lowest BCUT2D eigenvalue weighted by molar-refractivity contribution is 0.0548. The number of hydrogen-bond donors (Lipinski definition) is 0. The van der Waals surface area contributed by atoms with Crippen LogP contribution in [0.25, 0.3) is 0 Å². The maximum absolute atomic E-state index is 12.4. The van der Waals surface area contributed by atoms with E-state index in [1.165, 1.54) is 0 Å². The molecule has 2 amide bonds. The molecule has 2 saturated heterocycles. The lowest BCUT2D eigenvalue weighted by Gasteiger charge is -2.21.